The zero-order chi connectivity index (χ0) is 13.1. The number of halogens is 2. The van der Waals surface area contributed by atoms with Gasteiger partial charge in [-0.25, -0.2) is 0 Å². The Morgan fingerprint density at radius 2 is 1.72 bits per heavy atom. The Balaban J connectivity index is 1.63. The van der Waals surface area contributed by atoms with Gasteiger partial charge in [0.15, 0.2) is 0 Å². The maximum Gasteiger partial charge on any atom is 0.0364 e. The lowest BCUT2D eigenvalue weighted by Crippen LogP contribution is -2.52. The summed E-state index contributed by atoms with van der Waals surface area (Å²) in [5.74, 6) is 0. The van der Waals surface area contributed by atoms with E-state index in [-0.39, 0.29) is 0 Å². The standard InChI is InChI=1S/C14H26I2N2/c1-11(18-9-13(16)10-18)7-8-17(2)14-5-3-12(15)4-6-14/h11-14H,3-10H2,1-2H3. The van der Waals surface area contributed by atoms with Crippen LogP contribution in [-0.4, -0.2) is 56.4 Å². The largest absolute Gasteiger partial charge is 0.303 e. The van der Waals surface area contributed by atoms with Crippen LogP contribution in [0.15, 0.2) is 0 Å². The van der Waals surface area contributed by atoms with Gasteiger partial charge in [-0.05, 0) is 52.6 Å². The van der Waals surface area contributed by atoms with Gasteiger partial charge in [-0.3, -0.25) is 4.90 Å². The SMILES string of the molecule is CC(CCN(C)C1CCC(I)CC1)N1CC(I)C1. The molecule has 1 saturated heterocycles. The van der Waals surface area contributed by atoms with Crippen LogP contribution in [0.25, 0.3) is 0 Å². The second-order valence-electron chi connectivity index (χ2n) is 6.08. The first-order chi connectivity index (χ1) is 8.56. The van der Waals surface area contributed by atoms with Crippen molar-refractivity contribution in [3.63, 3.8) is 0 Å². The van der Waals surface area contributed by atoms with Crippen molar-refractivity contribution in [3.05, 3.63) is 0 Å². The molecule has 2 aliphatic rings. The van der Waals surface area contributed by atoms with E-state index in [2.05, 4.69) is 69.0 Å². The molecule has 1 aliphatic carbocycles. The van der Waals surface area contributed by atoms with E-state index in [4.69, 9.17) is 0 Å². The first-order valence-corrected chi connectivity index (χ1v) is 9.78. The van der Waals surface area contributed by atoms with Gasteiger partial charge in [0.05, 0.1) is 0 Å². The second kappa shape index (κ2) is 7.41. The average Bonchev–Trinajstić information content (AvgIpc) is 2.32. The quantitative estimate of drug-likeness (QED) is 0.443. The third kappa shape index (κ3) is 4.45. The van der Waals surface area contributed by atoms with E-state index in [0.717, 1.165) is 19.9 Å². The zero-order valence-electron chi connectivity index (χ0n) is 11.6. The first-order valence-electron chi connectivity index (χ1n) is 7.28. The molecule has 0 bridgehead atoms. The molecule has 1 aliphatic heterocycles. The summed E-state index contributed by atoms with van der Waals surface area (Å²) in [6, 6.07) is 1.64. The van der Waals surface area contributed by atoms with Gasteiger partial charge in [-0.2, -0.15) is 0 Å². The number of hydrogen-bond acceptors (Lipinski definition) is 2. The lowest BCUT2D eigenvalue weighted by Gasteiger charge is -2.41. The maximum absolute atomic E-state index is 2.63. The Morgan fingerprint density at radius 3 is 2.28 bits per heavy atom. The predicted octanol–water partition coefficient (Wildman–Crippen LogP) is 3.56. The van der Waals surface area contributed by atoms with Gasteiger partial charge < -0.3 is 4.90 Å². The number of hydrogen-bond donors (Lipinski definition) is 0. The molecule has 18 heavy (non-hydrogen) atoms. The average molecular weight is 476 g/mol. The Bertz CT molecular complexity index is 248. The van der Waals surface area contributed by atoms with E-state index in [0.29, 0.717) is 0 Å². The highest BCUT2D eigenvalue weighted by atomic mass is 127. The molecule has 0 aromatic heterocycles. The highest BCUT2D eigenvalue weighted by molar-refractivity contribution is 14.1. The van der Waals surface area contributed by atoms with E-state index >= 15 is 0 Å². The molecule has 0 aromatic carbocycles. The molecular weight excluding hydrogens is 450 g/mol. The smallest absolute Gasteiger partial charge is 0.0364 e. The van der Waals surface area contributed by atoms with Crippen molar-refractivity contribution in [1.29, 1.82) is 0 Å². The summed E-state index contributed by atoms with van der Waals surface area (Å²) in [6.45, 7) is 6.30. The van der Waals surface area contributed by atoms with Crippen LogP contribution in [-0.2, 0) is 0 Å². The van der Waals surface area contributed by atoms with Gasteiger partial charge in [0.2, 0.25) is 0 Å². The fourth-order valence-electron chi connectivity index (χ4n) is 3.05. The summed E-state index contributed by atoms with van der Waals surface area (Å²) in [6.07, 6.45) is 7.02. The number of rotatable bonds is 5. The first kappa shape index (κ1) is 15.8. The molecule has 0 amide bonds. The molecule has 1 atom stereocenters. The van der Waals surface area contributed by atoms with Gasteiger partial charge in [-0.1, -0.05) is 45.2 Å². The monoisotopic (exact) mass is 476 g/mol. The third-order valence-corrected chi connectivity index (χ3v) is 6.67. The van der Waals surface area contributed by atoms with Crippen LogP contribution in [0, 0.1) is 0 Å². The molecule has 2 nitrogen and oxygen atoms in total. The molecule has 2 rings (SSSR count). The Kier molecular flexibility index (Phi) is 6.49. The lowest BCUT2D eigenvalue weighted by atomic mass is 9.94. The minimum atomic E-state index is 0.777. The minimum Gasteiger partial charge on any atom is -0.303 e. The predicted molar refractivity (Wildman–Crippen MR) is 96.2 cm³/mol. The van der Waals surface area contributed by atoms with Crippen molar-refractivity contribution >= 4 is 45.2 Å². The van der Waals surface area contributed by atoms with Gasteiger partial charge in [0, 0.05) is 33.0 Å². The van der Waals surface area contributed by atoms with Crippen LogP contribution in [0.1, 0.15) is 39.0 Å². The summed E-state index contributed by atoms with van der Waals surface area (Å²) in [4.78, 5) is 5.26. The van der Waals surface area contributed by atoms with Crippen LogP contribution >= 0.6 is 45.2 Å². The van der Waals surface area contributed by atoms with Crippen LogP contribution in [0.4, 0.5) is 0 Å². The summed E-state index contributed by atoms with van der Waals surface area (Å²) in [5, 5.41) is 0. The lowest BCUT2D eigenvalue weighted by molar-refractivity contribution is 0.114. The zero-order valence-corrected chi connectivity index (χ0v) is 15.9. The van der Waals surface area contributed by atoms with Gasteiger partial charge >= 0.3 is 0 Å². The number of nitrogens with zero attached hydrogens (tertiary/aromatic N) is 2. The molecule has 1 unspecified atom stereocenters. The van der Waals surface area contributed by atoms with E-state index in [1.807, 2.05) is 0 Å². The molecule has 1 saturated carbocycles. The highest BCUT2D eigenvalue weighted by Gasteiger charge is 2.28. The van der Waals surface area contributed by atoms with E-state index < -0.39 is 0 Å². The van der Waals surface area contributed by atoms with Crippen LogP contribution in [0.2, 0.25) is 0 Å². The fraction of sp³-hybridized carbons (Fsp3) is 1.00. The summed E-state index contributed by atoms with van der Waals surface area (Å²) < 4.78 is 1.84. The highest BCUT2D eigenvalue weighted by Crippen LogP contribution is 2.28. The van der Waals surface area contributed by atoms with Crippen molar-refractivity contribution in [2.24, 2.45) is 0 Å². The molecule has 0 N–H and O–H groups in total. The van der Waals surface area contributed by atoms with Crippen LogP contribution in [0.5, 0.6) is 0 Å². The van der Waals surface area contributed by atoms with Crippen LogP contribution < -0.4 is 0 Å². The molecule has 0 aromatic rings. The van der Waals surface area contributed by atoms with E-state index in [1.165, 1.54) is 51.7 Å². The van der Waals surface area contributed by atoms with Crippen molar-refractivity contribution < 1.29 is 0 Å². The normalized spacial score (nSPS) is 32.5. The maximum atomic E-state index is 2.63. The second-order valence-corrected chi connectivity index (χ2v) is 9.60. The van der Waals surface area contributed by atoms with Gasteiger partial charge in [0.25, 0.3) is 0 Å². The molecule has 4 heteroatoms. The molecular formula is C14H26I2N2. The Morgan fingerprint density at radius 1 is 1.11 bits per heavy atom. The van der Waals surface area contributed by atoms with E-state index in [9.17, 15) is 0 Å². The van der Waals surface area contributed by atoms with Crippen LogP contribution in [0.3, 0.4) is 0 Å². The summed E-state index contributed by atoms with van der Waals surface area (Å²) in [5.41, 5.74) is 0. The molecule has 106 valence electrons. The fourth-order valence-corrected chi connectivity index (χ4v) is 4.78. The Hall–Kier alpha value is 1.38. The minimum absolute atomic E-state index is 0.777. The number of alkyl halides is 2. The molecule has 0 radical (unpaired) electrons. The Labute approximate surface area is 140 Å². The van der Waals surface area contributed by atoms with Crippen molar-refractivity contribution in [3.8, 4) is 0 Å². The van der Waals surface area contributed by atoms with Crippen molar-refractivity contribution in [2.45, 2.75) is 59.0 Å². The molecule has 0 spiro atoms. The van der Waals surface area contributed by atoms with Crippen molar-refractivity contribution in [1.82, 2.24) is 9.80 Å². The molecule has 2 fully saturated rings. The topological polar surface area (TPSA) is 6.48 Å². The summed E-state index contributed by atoms with van der Waals surface area (Å²) >= 11 is 5.19. The van der Waals surface area contributed by atoms with Gasteiger partial charge in [0.1, 0.15) is 0 Å². The molecule has 1 heterocycles. The van der Waals surface area contributed by atoms with Gasteiger partial charge in [-0.15, -0.1) is 0 Å². The van der Waals surface area contributed by atoms with Crippen molar-refractivity contribution in [2.75, 3.05) is 26.7 Å². The number of likely N-dealkylation sites (tertiary alicyclic amines) is 1. The third-order valence-electron chi connectivity index (χ3n) is 4.64. The summed E-state index contributed by atoms with van der Waals surface area (Å²) in [7, 11) is 2.34. The van der Waals surface area contributed by atoms with E-state index in [1.54, 1.807) is 0 Å².